The summed E-state index contributed by atoms with van der Waals surface area (Å²) >= 11 is 0. The molecule has 4 nitrogen and oxygen atoms in total. The second kappa shape index (κ2) is 5.65. The van der Waals surface area contributed by atoms with E-state index in [1.54, 1.807) is 22.5 Å². The van der Waals surface area contributed by atoms with Crippen molar-refractivity contribution in [2.24, 2.45) is 0 Å². The largest absolute Gasteiger partial charge is 0.373 e. The normalized spacial score (nSPS) is 15.4. The lowest BCUT2D eigenvalue weighted by molar-refractivity contribution is 0.590. The summed E-state index contributed by atoms with van der Waals surface area (Å²) in [5.74, 6) is 0. The molecule has 5 heteroatoms. The molecule has 1 aliphatic heterocycles. The molecule has 0 saturated carbocycles. The number of hydrogen-bond donors (Lipinski definition) is 0. The molecule has 0 bridgehead atoms. The van der Waals surface area contributed by atoms with Crippen LogP contribution in [0.3, 0.4) is 0 Å². The topological polar surface area (TPSA) is 40.6 Å². The Morgan fingerprint density at radius 3 is 2.41 bits per heavy atom. The molecule has 2 aromatic carbocycles. The zero-order valence-corrected chi connectivity index (χ0v) is 13.7. The van der Waals surface area contributed by atoms with Gasteiger partial charge in [0.15, 0.2) is 0 Å². The molecule has 116 valence electrons. The SMILES string of the molecule is Cc1cccc(S(=O)(=O)N2CCCN(C)c3ccccc32)c1. The second-order valence-corrected chi connectivity index (χ2v) is 7.52. The highest BCUT2D eigenvalue weighted by Crippen LogP contribution is 2.34. The Morgan fingerprint density at radius 2 is 1.68 bits per heavy atom. The van der Waals surface area contributed by atoms with Crippen molar-refractivity contribution in [3.8, 4) is 0 Å². The molecule has 0 aromatic heterocycles. The van der Waals surface area contributed by atoms with Gasteiger partial charge < -0.3 is 4.90 Å². The molecular formula is C17H20N2O2S. The number of sulfonamides is 1. The number of hydrogen-bond acceptors (Lipinski definition) is 3. The predicted octanol–water partition coefficient (Wildman–Crippen LogP) is 3.03. The minimum absolute atomic E-state index is 0.354. The Kier molecular flexibility index (Phi) is 3.83. The third-order valence-corrected chi connectivity index (χ3v) is 5.80. The summed E-state index contributed by atoms with van der Waals surface area (Å²) in [6.07, 6.45) is 0.802. The highest BCUT2D eigenvalue weighted by atomic mass is 32.2. The monoisotopic (exact) mass is 316 g/mol. The zero-order valence-electron chi connectivity index (χ0n) is 12.9. The van der Waals surface area contributed by atoms with Crippen LogP contribution in [0.1, 0.15) is 12.0 Å². The molecule has 0 fully saturated rings. The van der Waals surface area contributed by atoms with E-state index in [2.05, 4.69) is 4.90 Å². The van der Waals surface area contributed by atoms with Crippen LogP contribution in [0, 0.1) is 6.92 Å². The second-order valence-electron chi connectivity index (χ2n) is 5.66. The number of aryl methyl sites for hydroxylation is 1. The maximum atomic E-state index is 13.1. The molecule has 0 N–H and O–H groups in total. The fourth-order valence-electron chi connectivity index (χ4n) is 2.84. The van der Waals surface area contributed by atoms with Gasteiger partial charge in [0, 0.05) is 20.1 Å². The highest BCUT2D eigenvalue weighted by molar-refractivity contribution is 7.92. The summed E-state index contributed by atoms with van der Waals surface area (Å²) in [7, 11) is -1.54. The number of benzene rings is 2. The first-order chi connectivity index (χ1) is 10.5. The van der Waals surface area contributed by atoms with Crippen LogP contribution < -0.4 is 9.21 Å². The average Bonchev–Trinajstić information content (AvgIpc) is 2.67. The summed E-state index contributed by atoms with van der Waals surface area (Å²) in [5.41, 5.74) is 2.65. The van der Waals surface area contributed by atoms with Crippen molar-refractivity contribution >= 4 is 21.4 Å². The first-order valence-corrected chi connectivity index (χ1v) is 8.84. The zero-order chi connectivity index (χ0) is 15.7. The van der Waals surface area contributed by atoms with Crippen molar-refractivity contribution in [2.75, 3.05) is 29.3 Å². The van der Waals surface area contributed by atoms with Crippen LogP contribution >= 0.6 is 0 Å². The Balaban J connectivity index is 2.13. The molecule has 0 radical (unpaired) electrons. The fraction of sp³-hybridized carbons (Fsp3) is 0.294. The molecule has 2 aromatic rings. The average molecular weight is 316 g/mol. The lowest BCUT2D eigenvalue weighted by atomic mass is 10.2. The van der Waals surface area contributed by atoms with Gasteiger partial charge in [-0.1, -0.05) is 24.3 Å². The van der Waals surface area contributed by atoms with Gasteiger partial charge in [0.2, 0.25) is 0 Å². The van der Waals surface area contributed by atoms with Crippen molar-refractivity contribution in [1.82, 2.24) is 0 Å². The summed E-state index contributed by atoms with van der Waals surface area (Å²) in [5, 5.41) is 0. The fourth-order valence-corrected chi connectivity index (χ4v) is 4.47. The standard InChI is InChI=1S/C17H20N2O2S/c1-14-7-5-8-15(13-14)22(20,21)19-12-6-11-18(2)16-9-3-4-10-17(16)19/h3-5,7-10,13H,6,11-12H2,1-2H3. The Hall–Kier alpha value is -2.01. The molecule has 1 aliphatic rings. The summed E-state index contributed by atoms with van der Waals surface area (Å²) in [6, 6.07) is 14.8. The number of nitrogens with zero attached hydrogens (tertiary/aromatic N) is 2. The van der Waals surface area contributed by atoms with Gasteiger partial charge in [-0.2, -0.15) is 0 Å². The van der Waals surface area contributed by atoms with Crippen molar-refractivity contribution in [3.63, 3.8) is 0 Å². The van der Waals surface area contributed by atoms with E-state index in [-0.39, 0.29) is 0 Å². The van der Waals surface area contributed by atoms with E-state index in [4.69, 9.17) is 0 Å². The van der Waals surface area contributed by atoms with E-state index in [9.17, 15) is 8.42 Å². The number of para-hydroxylation sites is 2. The summed E-state index contributed by atoms with van der Waals surface area (Å²) in [6.45, 7) is 3.25. The van der Waals surface area contributed by atoms with Gasteiger partial charge in [0.05, 0.1) is 16.3 Å². The van der Waals surface area contributed by atoms with Crippen molar-refractivity contribution in [2.45, 2.75) is 18.2 Å². The van der Waals surface area contributed by atoms with E-state index < -0.39 is 10.0 Å². The van der Waals surface area contributed by atoms with Crippen molar-refractivity contribution < 1.29 is 8.42 Å². The molecule has 0 aliphatic carbocycles. The minimum atomic E-state index is -3.54. The molecular weight excluding hydrogens is 296 g/mol. The van der Waals surface area contributed by atoms with Crippen LogP contribution in [-0.4, -0.2) is 28.6 Å². The predicted molar refractivity (Wildman–Crippen MR) is 90.0 cm³/mol. The van der Waals surface area contributed by atoms with Crippen molar-refractivity contribution in [3.05, 3.63) is 54.1 Å². The minimum Gasteiger partial charge on any atom is -0.373 e. The molecule has 0 amide bonds. The van der Waals surface area contributed by atoms with Crippen LogP contribution in [-0.2, 0) is 10.0 Å². The molecule has 0 unspecified atom stereocenters. The van der Waals surface area contributed by atoms with E-state index in [1.807, 2.05) is 44.3 Å². The molecule has 0 spiro atoms. The van der Waals surface area contributed by atoms with Gasteiger partial charge in [-0.25, -0.2) is 8.42 Å². The van der Waals surface area contributed by atoms with E-state index >= 15 is 0 Å². The third-order valence-electron chi connectivity index (χ3n) is 3.99. The van der Waals surface area contributed by atoms with Crippen LogP contribution in [0.15, 0.2) is 53.4 Å². The van der Waals surface area contributed by atoms with E-state index in [1.165, 1.54) is 0 Å². The highest BCUT2D eigenvalue weighted by Gasteiger charge is 2.29. The molecule has 0 atom stereocenters. The first-order valence-electron chi connectivity index (χ1n) is 7.40. The number of rotatable bonds is 2. The van der Waals surface area contributed by atoms with Gasteiger partial charge in [-0.05, 0) is 43.2 Å². The van der Waals surface area contributed by atoms with E-state index in [0.29, 0.717) is 11.4 Å². The maximum absolute atomic E-state index is 13.1. The lowest BCUT2D eigenvalue weighted by Crippen LogP contribution is -2.31. The van der Waals surface area contributed by atoms with Gasteiger partial charge in [0.1, 0.15) is 0 Å². The Bertz CT molecular complexity index is 787. The molecule has 22 heavy (non-hydrogen) atoms. The molecule has 3 rings (SSSR count). The Labute approximate surface area is 132 Å². The van der Waals surface area contributed by atoms with Crippen molar-refractivity contribution in [1.29, 1.82) is 0 Å². The van der Waals surface area contributed by atoms with Crippen LogP contribution in [0.2, 0.25) is 0 Å². The van der Waals surface area contributed by atoms with Crippen LogP contribution in [0.4, 0.5) is 11.4 Å². The molecule has 0 saturated heterocycles. The number of anilines is 2. The lowest BCUT2D eigenvalue weighted by Gasteiger charge is -2.25. The summed E-state index contributed by atoms with van der Waals surface area (Å²) in [4.78, 5) is 2.47. The van der Waals surface area contributed by atoms with E-state index in [0.717, 1.165) is 29.9 Å². The van der Waals surface area contributed by atoms with Crippen LogP contribution in [0.5, 0.6) is 0 Å². The third kappa shape index (κ3) is 2.57. The van der Waals surface area contributed by atoms with Gasteiger partial charge in [-0.3, -0.25) is 4.31 Å². The smallest absolute Gasteiger partial charge is 0.264 e. The van der Waals surface area contributed by atoms with Gasteiger partial charge >= 0.3 is 0 Å². The Morgan fingerprint density at radius 1 is 0.955 bits per heavy atom. The van der Waals surface area contributed by atoms with Crippen LogP contribution in [0.25, 0.3) is 0 Å². The van der Waals surface area contributed by atoms with Gasteiger partial charge in [0.25, 0.3) is 10.0 Å². The first kappa shape index (κ1) is 14.9. The maximum Gasteiger partial charge on any atom is 0.264 e. The molecule has 1 heterocycles. The van der Waals surface area contributed by atoms with Gasteiger partial charge in [-0.15, -0.1) is 0 Å². The number of fused-ring (bicyclic) bond motifs is 1. The summed E-state index contributed by atoms with van der Waals surface area (Å²) < 4.78 is 27.7. The quantitative estimate of drug-likeness (QED) is 0.855.